The molecule has 0 aliphatic heterocycles. The smallest absolute Gasteiger partial charge is 0.0114 e. The largest absolute Gasteiger partial charge is 0.327 e. The molecule has 3 unspecified atom stereocenters. The molecule has 0 bridgehead atoms. The van der Waals surface area contributed by atoms with Gasteiger partial charge in [0.05, 0.1) is 0 Å². The van der Waals surface area contributed by atoms with Crippen LogP contribution in [0, 0.1) is 5.92 Å². The lowest BCUT2D eigenvalue weighted by Crippen LogP contribution is -2.25. The van der Waals surface area contributed by atoms with Gasteiger partial charge < -0.3 is 5.73 Å². The van der Waals surface area contributed by atoms with Crippen LogP contribution >= 0.6 is 11.3 Å². The van der Waals surface area contributed by atoms with Crippen LogP contribution in [0.2, 0.25) is 0 Å². The molecule has 0 saturated heterocycles. The molecule has 2 heteroatoms. The summed E-state index contributed by atoms with van der Waals surface area (Å²) in [7, 11) is 0. The van der Waals surface area contributed by atoms with Gasteiger partial charge in [0.1, 0.15) is 0 Å². The first-order chi connectivity index (χ1) is 8.34. The predicted molar refractivity (Wildman–Crippen MR) is 73.3 cm³/mol. The van der Waals surface area contributed by atoms with Crippen LogP contribution in [0.25, 0.3) is 0 Å². The Balaban J connectivity index is 1.61. The summed E-state index contributed by atoms with van der Waals surface area (Å²) in [5.41, 5.74) is 9.15. The second-order valence-electron chi connectivity index (χ2n) is 4.92. The minimum absolute atomic E-state index is 0.315. The molecule has 3 rings (SSSR count). The number of thiophene rings is 1. The molecule has 1 aliphatic carbocycles. The monoisotopic (exact) mass is 243 g/mol. The zero-order valence-corrected chi connectivity index (χ0v) is 10.6. The van der Waals surface area contributed by atoms with Gasteiger partial charge in [-0.15, -0.1) is 0 Å². The van der Waals surface area contributed by atoms with Gasteiger partial charge in [-0.2, -0.15) is 11.3 Å². The molecular weight excluding hydrogens is 226 g/mol. The highest BCUT2D eigenvalue weighted by Gasteiger charge is 2.42. The van der Waals surface area contributed by atoms with Crippen LogP contribution in [-0.2, 0) is 6.42 Å². The molecule has 3 atom stereocenters. The summed E-state index contributed by atoms with van der Waals surface area (Å²) in [5.74, 6) is 1.38. The van der Waals surface area contributed by atoms with E-state index in [4.69, 9.17) is 5.73 Å². The number of benzene rings is 1. The van der Waals surface area contributed by atoms with E-state index in [2.05, 4.69) is 47.2 Å². The van der Waals surface area contributed by atoms with E-state index in [1.54, 1.807) is 11.3 Å². The minimum atomic E-state index is 0.315. The fraction of sp³-hybridized carbons (Fsp3) is 0.333. The van der Waals surface area contributed by atoms with Gasteiger partial charge in [0, 0.05) is 6.04 Å². The first-order valence-electron chi connectivity index (χ1n) is 6.16. The molecule has 0 spiro atoms. The van der Waals surface area contributed by atoms with E-state index >= 15 is 0 Å². The molecule has 1 aliphatic rings. The third-order valence-corrected chi connectivity index (χ3v) is 4.40. The third-order valence-electron chi connectivity index (χ3n) is 3.67. The molecule has 1 aromatic heterocycles. The molecule has 1 nitrogen and oxygen atoms in total. The second-order valence-corrected chi connectivity index (χ2v) is 5.70. The van der Waals surface area contributed by atoms with Crippen molar-refractivity contribution in [1.29, 1.82) is 0 Å². The summed E-state index contributed by atoms with van der Waals surface area (Å²) < 4.78 is 0. The number of hydrogen-bond acceptors (Lipinski definition) is 2. The Labute approximate surface area is 106 Å². The summed E-state index contributed by atoms with van der Waals surface area (Å²) in [6.07, 6.45) is 2.28. The first kappa shape index (κ1) is 11.0. The second kappa shape index (κ2) is 4.63. The maximum atomic E-state index is 6.30. The maximum Gasteiger partial charge on any atom is 0.0114 e. The van der Waals surface area contributed by atoms with Crippen LogP contribution in [-0.4, -0.2) is 6.04 Å². The highest BCUT2D eigenvalue weighted by atomic mass is 32.1. The molecule has 0 amide bonds. The number of rotatable bonds is 4. The van der Waals surface area contributed by atoms with Crippen molar-refractivity contribution < 1.29 is 0 Å². The summed E-state index contributed by atoms with van der Waals surface area (Å²) in [6.45, 7) is 0. The van der Waals surface area contributed by atoms with Crippen molar-refractivity contribution in [1.82, 2.24) is 0 Å². The van der Waals surface area contributed by atoms with Crippen molar-refractivity contribution in [2.45, 2.75) is 24.8 Å². The van der Waals surface area contributed by atoms with Crippen LogP contribution in [0.4, 0.5) is 0 Å². The molecule has 88 valence electrons. The van der Waals surface area contributed by atoms with Crippen LogP contribution < -0.4 is 5.73 Å². The molecule has 1 saturated carbocycles. The van der Waals surface area contributed by atoms with Gasteiger partial charge in [-0.1, -0.05) is 30.3 Å². The van der Waals surface area contributed by atoms with Gasteiger partial charge in [-0.3, -0.25) is 0 Å². The van der Waals surface area contributed by atoms with Gasteiger partial charge in [-0.05, 0) is 52.6 Å². The van der Waals surface area contributed by atoms with Crippen LogP contribution in [0.15, 0.2) is 47.2 Å². The van der Waals surface area contributed by atoms with Crippen LogP contribution in [0.5, 0.6) is 0 Å². The number of nitrogens with two attached hydrogens (primary N) is 1. The van der Waals surface area contributed by atoms with E-state index in [9.17, 15) is 0 Å². The van der Waals surface area contributed by atoms with Crippen molar-refractivity contribution >= 4 is 11.3 Å². The molecule has 1 fully saturated rings. The summed E-state index contributed by atoms with van der Waals surface area (Å²) in [4.78, 5) is 0. The SMILES string of the molecule is NC(Cc1ccsc1)C1CC1c1ccccc1. The highest BCUT2D eigenvalue weighted by molar-refractivity contribution is 7.07. The van der Waals surface area contributed by atoms with Crippen molar-refractivity contribution in [3.05, 3.63) is 58.3 Å². The first-order valence-corrected chi connectivity index (χ1v) is 7.10. The molecule has 2 N–H and O–H groups in total. The molecule has 2 aromatic rings. The number of hydrogen-bond donors (Lipinski definition) is 1. The van der Waals surface area contributed by atoms with Gasteiger partial charge >= 0.3 is 0 Å². The van der Waals surface area contributed by atoms with Gasteiger partial charge in [0.2, 0.25) is 0 Å². The minimum Gasteiger partial charge on any atom is -0.327 e. The Hall–Kier alpha value is -1.12. The predicted octanol–water partition coefficient (Wildman–Crippen LogP) is 3.42. The van der Waals surface area contributed by atoms with Crippen LogP contribution in [0.1, 0.15) is 23.5 Å². The topological polar surface area (TPSA) is 26.0 Å². The van der Waals surface area contributed by atoms with Gasteiger partial charge in [-0.25, -0.2) is 0 Å². The third kappa shape index (κ3) is 2.43. The zero-order chi connectivity index (χ0) is 11.7. The molecule has 17 heavy (non-hydrogen) atoms. The fourth-order valence-electron chi connectivity index (χ4n) is 2.60. The Morgan fingerprint density at radius 2 is 2.06 bits per heavy atom. The lowest BCUT2D eigenvalue weighted by Gasteiger charge is -2.10. The van der Waals surface area contributed by atoms with Crippen molar-refractivity contribution in [3.8, 4) is 0 Å². The van der Waals surface area contributed by atoms with Crippen molar-refractivity contribution in [2.24, 2.45) is 11.7 Å². The zero-order valence-electron chi connectivity index (χ0n) is 9.75. The van der Waals surface area contributed by atoms with Gasteiger partial charge in [0.25, 0.3) is 0 Å². The van der Waals surface area contributed by atoms with Gasteiger partial charge in [0.15, 0.2) is 0 Å². The van der Waals surface area contributed by atoms with Crippen molar-refractivity contribution in [2.75, 3.05) is 0 Å². The van der Waals surface area contributed by atoms with E-state index in [1.807, 2.05) is 0 Å². The van der Waals surface area contributed by atoms with E-state index in [-0.39, 0.29) is 0 Å². The summed E-state index contributed by atoms with van der Waals surface area (Å²) >= 11 is 1.76. The standard InChI is InChI=1S/C15H17NS/c16-15(8-11-6-7-17-10-11)14-9-13(14)12-4-2-1-3-5-12/h1-7,10,13-15H,8-9,16H2. The summed E-state index contributed by atoms with van der Waals surface area (Å²) in [5, 5.41) is 4.34. The normalized spacial score (nSPS) is 24.5. The van der Waals surface area contributed by atoms with E-state index < -0.39 is 0 Å². The lowest BCUT2D eigenvalue weighted by atomic mass is 10.0. The average molecular weight is 243 g/mol. The highest BCUT2D eigenvalue weighted by Crippen LogP contribution is 2.49. The Bertz CT molecular complexity index is 463. The Kier molecular flexibility index (Phi) is 3.00. The van der Waals surface area contributed by atoms with E-state index in [0.29, 0.717) is 17.9 Å². The van der Waals surface area contributed by atoms with Crippen LogP contribution in [0.3, 0.4) is 0 Å². The fourth-order valence-corrected chi connectivity index (χ4v) is 3.29. The molecular formula is C15H17NS. The van der Waals surface area contributed by atoms with Crippen molar-refractivity contribution in [3.63, 3.8) is 0 Å². The van der Waals surface area contributed by atoms with E-state index in [1.165, 1.54) is 17.5 Å². The Morgan fingerprint density at radius 3 is 2.76 bits per heavy atom. The van der Waals surface area contributed by atoms with E-state index in [0.717, 1.165) is 6.42 Å². The molecule has 1 heterocycles. The molecule has 1 aromatic carbocycles. The lowest BCUT2D eigenvalue weighted by molar-refractivity contribution is 0.578. The Morgan fingerprint density at radius 1 is 1.24 bits per heavy atom. The average Bonchev–Trinajstić information content (AvgIpc) is 3.02. The maximum absolute atomic E-state index is 6.30. The summed E-state index contributed by atoms with van der Waals surface area (Å²) in [6, 6.07) is 13.3. The quantitative estimate of drug-likeness (QED) is 0.875. The molecule has 0 radical (unpaired) electrons.